The zero-order valence-corrected chi connectivity index (χ0v) is 8.39. The van der Waals surface area contributed by atoms with Crippen LogP contribution >= 0.6 is 0 Å². The first kappa shape index (κ1) is 8.82. The number of hydrogen-bond acceptors (Lipinski definition) is 2. The van der Waals surface area contributed by atoms with Gasteiger partial charge < -0.3 is 9.73 Å². The summed E-state index contributed by atoms with van der Waals surface area (Å²) in [5, 5.41) is 3.60. The fourth-order valence-electron chi connectivity index (χ4n) is 2.38. The normalized spacial score (nSPS) is 28.2. The quantitative estimate of drug-likeness (QED) is 0.754. The third-order valence-corrected chi connectivity index (χ3v) is 3.22. The topological polar surface area (TPSA) is 25.2 Å². The molecule has 1 aliphatic heterocycles. The molecule has 2 heterocycles. The second kappa shape index (κ2) is 3.18. The molecular formula is C11H17NO. The molecule has 2 heteroatoms. The average molecular weight is 179 g/mol. The Morgan fingerprint density at radius 1 is 1.54 bits per heavy atom. The Morgan fingerprint density at radius 2 is 2.38 bits per heavy atom. The van der Waals surface area contributed by atoms with Crippen molar-refractivity contribution in [2.75, 3.05) is 6.54 Å². The molecule has 0 saturated carbocycles. The van der Waals surface area contributed by atoms with Crippen LogP contribution in [0.5, 0.6) is 0 Å². The molecule has 72 valence electrons. The molecule has 2 nitrogen and oxygen atoms in total. The highest BCUT2D eigenvalue weighted by atomic mass is 16.3. The van der Waals surface area contributed by atoms with E-state index in [1.165, 1.54) is 24.0 Å². The second-order valence-electron chi connectivity index (χ2n) is 3.93. The number of furan rings is 1. The molecule has 1 atom stereocenters. The summed E-state index contributed by atoms with van der Waals surface area (Å²) >= 11 is 0. The predicted octanol–water partition coefficient (Wildman–Crippen LogP) is 2.58. The van der Waals surface area contributed by atoms with Crippen molar-refractivity contribution in [1.82, 2.24) is 5.32 Å². The summed E-state index contributed by atoms with van der Waals surface area (Å²) in [4.78, 5) is 0. The Labute approximate surface area is 79.3 Å². The first-order valence-electron chi connectivity index (χ1n) is 5.07. The highest BCUT2D eigenvalue weighted by Crippen LogP contribution is 2.35. The van der Waals surface area contributed by atoms with E-state index in [-0.39, 0.29) is 5.54 Å². The van der Waals surface area contributed by atoms with Crippen LogP contribution in [-0.2, 0) is 5.54 Å². The van der Waals surface area contributed by atoms with Gasteiger partial charge in [0.2, 0.25) is 0 Å². The summed E-state index contributed by atoms with van der Waals surface area (Å²) in [5.74, 6) is 0. The van der Waals surface area contributed by atoms with Crippen molar-refractivity contribution < 1.29 is 4.42 Å². The van der Waals surface area contributed by atoms with Gasteiger partial charge in [-0.3, -0.25) is 0 Å². The smallest absolute Gasteiger partial charge is 0.0956 e. The molecule has 0 radical (unpaired) electrons. The summed E-state index contributed by atoms with van der Waals surface area (Å²) in [6.45, 7) is 5.50. The van der Waals surface area contributed by atoms with Crippen LogP contribution in [0, 0.1) is 6.92 Å². The van der Waals surface area contributed by atoms with Gasteiger partial charge in [0.05, 0.1) is 12.5 Å². The minimum Gasteiger partial charge on any atom is -0.472 e. The van der Waals surface area contributed by atoms with Gasteiger partial charge in [0.1, 0.15) is 0 Å². The van der Waals surface area contributed by atoms with Crippen LogP contribution in [0.2, 0.25) is 0 Å². The lowest BCUT2D eigenvalue weighted by Gasteiger charge is -2.27. The lowest BCUT2D eigenvalue weighted by Crippen LogP contribution is -2.36. The number of rotatable bonds is 2. The molecular weight excluding hydrogens is 162 g/mol. The van der Waals surface area contributed by atoms with Crippen molar-refractivity contribution in [2.24, 2.45) is 0 Å². The van der Waals surface area contributed by atoms with Crippen molar-refractivity contribution in [3.63, 3.8) is 0 Å². The zero-order valence-electron chi connectivity index (χ0n) is 8.39. The van der Waals surface area contributed by atoms with Gasteiger partial charge in [-0.15, -0.1) is 0 Å². The third kappa shape index (κ3) is 1.29. The lowest BCUT2D eigenvalue weighted by molar-refractivity contribution is 0.370. The molecule has 1 saturated heterocycles. The number of nitrogens with one attached hydrogen (secondary N) is 1. The van der Waals surface area contributed by atoms with Gasteiger partial charge in [-0.2, -0.15) is 0 Å². The van der Waals surface area contributed by atoms with E-state index in [1.54, 1.807) is 0 Å². The van der Waals surface area contributed by atoms with Crippen molar-refractivity contribution in [2.45, 2.75) is 38.6 Å². The van der Waals surface area contributed by atoms with Gasteiger partial charge in [0.25, 0.3) is 0 Å². The van der Waals surface area contributed by atoms with Gasteiger partial charge in [0.15, 0.2) is 0 Å². The van der Waals surface area contributed by atoms with Crippen LogP contribution in [0.4, 0.5) is 0 Å². The summed E-state index contributed by atoms with van der Waals surface area (Å²) in [5.41, 5.74) is 2.83. The Hall–Kier alpha value is -0.760. The van der Waals surface area contributed by atoms with E-state index < -0.39 is 0 Å². The lowest BCUT2D eigenvalue weighted by atomic mass is 9.86. The monoisotopic (exact) mass is 179 g/mol. The number of aryl methyl sites for hydroxylation is 1. The summed E-state index contributed by atoms with van der Waals surface area (Å²) in [7, 11) is 0. The molecule has 13 heavy (non-hydrogen) atoms. The van der Waals surface area contributed by atoms with Crippen LogP contribution in [0.1, 0.15) is 37.3 Å². The maximum Gasteiger partial charge on any atom is 0.0956 e. The fraction of sp³-hybridized carbons (Fsp3) is 0.636. The maximum absolute atomic E-state index is 5.24. The van der Waals surface area contributed by atoms with E-state index >= 15 is 0 Å². The van der Waals surface area contributed by atoms with E-state index in [4.69, 9.17) is 4.42 Å². The Balaban J connectivity index is 2.36. The van der Waals surface area contributed by atoms with Crippen LogP contribution in [-0.4, -0.2) is 6.54 Å². The molecule has 1 aliphatic rings. The van der Waals surface area contributed by atoms with E-state index in [1.807, 2.05) is 12.5 Å². The largest absolute Gasteiger partial charge is 0.472 e. The SMILES string of the molecule is CCC1(c2cocc2C)CCCN1. The van der Waals surface area contributed by atoms with Crippen LogP contribution in [0.25, 0.3) is 0 Å². The highest BCUT2D eigenvalue weighted by Gasteiger charge is 2.35. The molecule has 1 unspecified atom stereocenters. The molecule has 2 rings (SSSR count). The van der Waals surface area contributed by atoms with Gasteiger partial charge in [-0.05, 0) is 38.3 Å². The first-order valence-corrected chi connectivity index (χ1v) is 5.07. The van der Waals surface area contributed by atoms with Gasteiger partial charge in [-0.1, -0.05) is 6.92 Å². The minimum atomic E-state index is 0.205. The Bertz CT molecular complexity index is 284. The summed E-state index contributed by atoms with van der Waals surface area (Å²) in [6.07, 6.45) is 7.40. The molecule has 0 spiro atoms. The molecule has 0 bridgehead atoms. The Kier molecular flexibility index (Phi) is 2.16. The first-order chi connectivity index (χ1) is 6.28. The Morgan fingerprint density at radius 3 is 2.85 bits per heavy atom. The highest BCUT2D eigenvalue weighted by molar-refractivity contribution is 5.29. The van der Waals surface area contributed by atoms with Crippen molar-refractivity contribution in [1.29, 1.82) is 0 Å². The standard InChI is InChI=1S/C11H17NO/c1-3-11(5-4-6-12-11)10-8-13-7-9(10)2/h7-8,12H,3-6H2,1-2H3. The van der Waals surface area contributed by atoms with E-state index in [2.05, 4.69) is 19.2 Å². The third-order valence-electron chi connectivity index (χ3n) is 3.22. The second-order valence-corrected chi connectivity index (χ2v) is 3.93. The van der Waals surface area contributed by atoms with Crippen molar-refractivity contribution in [3.8, 4) is 0 Å². The van der Waals surface area contributed by atoms with E-state index in [0.29, 0.717) is 0 Å². The number of hydrogen-bond donors (Lipinski definition) is 1. The predicted molar refractivity (Wildman–Crippen MR) is 52.7 cm³/mol. The van der Waals surface area contributed by atoms with Crippen LogP contribution in [0.3, 0.4) is 0 Å². The molecule has 0 amide bonds. The molecule has 0 aromatic carbocycles. The van der Waals surface area contributed by atoms with Gasteiger partial charge in [0, 0.05) is 11.1 Å². The molecule has 0 aliphatic carbocycles. The van der Waals surface area contributed by atoms with Crippen LogP contribution in [0.15, 0.2) is 16.9 Å². The molecule has 1 N–H and O–H groups in total. The van der Waals surface area contributed by atoms with Crippen molar-refractivity contribution in [3.05, 3.63) is 23.7 Å². The van der Waals surface area contributed by atoms with E-state index in [0.717, 1.165) is 13.0 Å². The maximum atomic E-state index is 5.24. The zero-order chi connectivity index (χ0) is 9.31. The van der Waals surface area contributed by atoms with Crippen molar-refractivity contribution >= 4 is 0 Å². The summed E-state index contributed by atoms with van der Waals surface area (Å²) < 4.78 is 5.24. The fourth-order valence-corrected chi connectivity index (χ4v) is 2.38. The summed E-state index contributed by atoms with van der Waals surface area (Å²) in [6, 6.07) is 0. The molecule has 1 aromatic heterocycles. The molecule has 1 fully saturated rings. The minimum absolute atomic E-state index is 0.205. The van der Waals surface area contributed by atoms with Crippen LogP contribution < -0.4 is 5.32 Å². The van der Waals surface area contributed by atoms with Gasteiger partial charge in [-0.25, -0.2) is 0 Å². The van der Waals surface area contributed by atoms with Gasteiger partial charge >= 0.3 is 0 Å². The average Bonchev–Trinajstić information content (AvgIpc) is 2.73. The van der Waals surface area contributed by atoms with E-state index in [9.17, 15) is 0 Å². The molecule has 1 aromatic rings.